The van der Waals surface area contributed by atoms with Gasteiger partial charge in [-0.05, 0) is 13.0 Å². The van der Waals surface area contributed by atoms with E-state index in [1.54, 1.807) is 0 Å². The Morgan fingerprint density at radius 3 is 2.34 bits per heavy atom. The van der Waals surface area contributed by atoms with Crippen LogP contribution in [0.25, 0.3) is 11.4 Å². The SMILES string of the molecule is Cc1c(F)[nH]c2nc(=S)c([C@@H]3O[C@H](COP(=O)(O)OP(=O)(O)OP(=O)(O)O)[C@H](O)C3O)cc-2c1F. The molecule has 3 aliphatic heterocycles. The molecule has 15 nitrogen and oxygen atoms in total. The van der Waals surface area contributed by atoms with E-state index < -0.39 is 66.3 Å². The van der Waals surface area contributed by atoms with E-state index in [1.807, 2.05) is 0 Å². The largest absolute Gasteiger partial charge is 0.490 e. The number of hydrogen-bond acceptors (Lipinski definition) is 11. The molecule has 196 valence electrons. The molecule has 0 aliphatic carbocycles. The first-order chi connectivity index (χ1) is 15.9. The molecule has 0 aromatic carbocycles. The fraction of sp³-hybridized carbons (Fsp3) is 0.429. The molecule has 6 atom stereocenters. The molecule has 3 unspecified atom stereocenters. The predicted molar refractivity (Wildman–Crippen MR) is 110 cm³/mol. The van der Waals surface area contributed by atoms with E-state index in [0.717, 1.165) is 13.0 Å². The topological polar surface area (TPSA) is 238 Å². The summed E-state index contributed by atoms with van der Waals surface area (Å²) in [5.74, 6) is -2.20. The van der Waals surface area contributed by atoms with Gasteiger partial charge in [-0.3, -0.25) is 4.52 Å². The minimum absolute atomic E-state index is 0.0989. The molecule has 0 bridgehead atoms. The minimum Gasteiger partial charge on any atom is -0.387 e. The maximum atomic E-state index is 14.5. The third-order valence-corrected chi connectivity index (χ3v) is 8.75. The van der Waals surface area contributed by atoms with E-state index in [4.69, 9.17) is 31.6 Å². The Morgan fingerprint density at radius 2 is 1.74 bits per heavy atom. The number of ether oxygens (including phenoxy) is 1. The zero-order valence-electron chi connectivity index (χ0n) is 17.1. The molecular formula is C14H17F2N2O13P3S. The molecule has 0 radical (unpaired) electrons. The third kappa shape index (κ3) is 6.63. The van der Waals surface area contributed by atoms with E-state index >= 15 is 0 Å². The summed E-state index contributed by atoms with van der Waals surface area (Å²) in [5.41, 5.74) is -0.670. The normalized spacial score (nSPS) is 26.5. The maximum Gasteiger partial charge on any atom is 0.490 e. The number of aromatic amines is 1. The van der Waals surface area contributed by atoms with Crippen LogP contribution in [0, 0.1) is 23.3 Å². The Morgan fingerprint density at radius 1 is 1.11 bits per heavy atom. The molecule has 1 fully saturated rings. The zero-order chi connectivity index (χ0) is 26.5. The lowest BCUT2D eigenvalue weighted by Crippen LogP contribution is -2.33. The van der Waals surface area contributed by atoms with Crippen molar-refractivity contribution in [1.82, 2.24) is 9.97 Å². The average Bonchev–Trinajstić information content (AvgIpc) is 2.96. The van der Waals surface area contributed by atoms with Crippen molar-refractivity contribution in [2.45, 2.75) is 31.3 Å². The Balaban J connectivity index is 1.79. The highest BCUT2D eigenvalue weighted by Gasteiger charge is 2.47. The summed E-state index contributed by atoms with van der Waals surface area (Å²) in [7, 11) is -16.9. The molecule has 35 heavy (non-hydrogen) atoms. The van der Waals surface area contributed by atoms with E-state index in [-0.39, 0.29) is 27.2 Å². The number of pyridine rings is 2. The number of nitrogens with zero attached hydrogens (tertiary/aromatic N) is 1. The van der Waals surface area contributed by atoms with Crippen LogP contribution >= 0.6 is 35.7 Å². The second-order valence-corrected chi connectivity index (χ2v) is 11.9. The van der Waals surface area contributed by atoms with Crippen molar-refractivity contribution in [1.29, 1.82) is 0 Å². The van der Waals surface area contributed by atoms with Gasteiger partial charge >= 0.3 is 23.5 Å². The first-order valence-electron chi connectivity index (χ1n) is 9.09. The summed E-state index contributed by atoms with van der Waals surface area (Å²) in [5, 5.41) is 20.6. The molecule has 0 aromatic rings. The Bertz CT molecular complexity index is 1300. The van der Waals surface area contributed by atoms with Crippen molar-refractivity contribution in [3.05, 3.63) is 33.6 Å². The highest BCUT2D eigenvalue weighted by atomic mass is 32.1. The lowest BCUT2D eigenvalue weighted by atomic mass is 10.00. The van der Waals surface area contributed by atoms with Crippen molar-refractivity contribution < 1.29 is 70.1 Å². The van der Waals surface area contributed by atoms with Crippen molar-refractivity contribution >= 4 is 35.7 Å². The van der Waals surface area contributed by atoms with E-state index in [1.165, 1.54) is 0 Å². The molecule has 21 heteroatoms. The summed E-state index contributed by atoms with van der Waals surface area (Å²) < 4.78 is 78.8. The van der Waals surface area contributed by atoms with Gasteiger partial charge < -0.3 is 39.5 Å². The van der Waals surface area contributed by atoms with Crippen LogP contribution in [-0.2, 0) is 31.6 Å². The quantitative estimate of drug-likeness (QED) is 0.132. The fourth-order valence-electron chi connectivity index (χ4n) is 3.09. The van der Waals surface area contributed by atoms with Crippen LogP contribution in [0.2, 0.25) is 0 Å². The van der Waals surface area contributed by atoms with Gasteiger partial charge in [-0.15, -0.1) is 0 Å². The molecule has 3 aliphatic rings. The van der Waals surface area contributed by atoms with Crippen LogP contribution in [0.5, 0.6) is 0 Å². The van der Waals surface area contributed by atoms with Gasteiger partial charge in [-0.2, -0.15) is 13.0 Å². The second kappa shape index (κ2) is 10.0. The van der Waals surface area contributed by atoms with Crippen molar-refractivity contribution in [2.24, 2.45) is 0 Å². The first-order valence-corrected chi connectivity index (χ1v) is 14.0. The number of aliphatic hydroxyl groups is 2. The molecule has 0 amide bonds. The number of phosphoric acid groups is 3. The van der Waals surface area contributed by atoms with Crippen molar-refractivity contribution in [3.63, 3.8) is 0 Å². The standard InChI is InChI=1S/C14H17F2N2O13P3S/c1-4-8(15)5-2-6(14(35)18-13(5)17-12(4)16)11-10(20)9(19)7(29-11)3-28-33(24,25)31-34(26,27)30-32(21,22)23/h2,7,9-11,19-20H,3H2,1H3,(H,24,25)(H,26,27)(H,17,18,35)(H2,21,22,23)/t7-,9+,10?,11+/m1/s1. The molecule has 7 N–H and O–H groups in total. The summed E-state index contributed by atoms with van der Waals surface area (Å²) in [4.78, 5) is 41.8. The second-order valence-electron chi connectivity index (χ2n) is 7.12. The van der Waals surface area contributed by atoms with Gasteiger partial charge in [0, 0.05) is 11.1 Å². The number of aromatic nitrogens is 2. The monoisotopic (exact) mass is 584 g/mol. The lowest BCUT2D eigenvalue weighted by Gasteiger charge is -2.19. The number of rotatable bonds is 8. The summed E-state index contributed by atoms with van der Waals surface area (Å²) in [6.07, 6.45) is -6.60. The Kier molecular flexibility index (Phi) is 8.15. The molecule has 3 rings (SSSR count). The molecule has 1 saturated heterocycles. The van der Waals surface area contributed by atoms with Gasteiger partial charge in [0.15, 0.2) is 5.95 Å². The van der Waals surface area contributed by atoms with Gasteiger partial charge in [0.25, 0.3) is 0 Å². The van der Waals surface area contributed by atoms with Crippen LogP contribution in [0.1, 0.15) is 17.2 Å². The summed E-state index contributed by atoms with van der Waals surface area (Å²) in [6, 6.07) is 1.11. The van der Waals surface area contributed by atoms with Gasteiger partial charge in [0.2, 0.25) is 0 Å². The van der Waals surface area contributed by atoms with Crippen molar-refractivity contribution in [2.75, 3.05) is 6.61 Å². The predicted octanol–water partition coefficient (Wildman–Crippen LogP) is 1.34. The van der Waals surface area contributed by atoms with Crippen molar-refractivity contribution in [3.8, 4) is 11.4 Å². The minimum atomic E-state index is -5.77. The first kappa shape index (κ1) is 28.5. The van der Waals surface area contributed by atoms with Crippen LogP contribution in [0.4, 0.5) is 8.78 Å². The number of H-pyrrole nitrogens is 1. The molecular weight excluding hydrogens is 567 g/mol. The number of fused-ring (bicyclic) bond motifs is 1. The number of nitrogens with one attached hydrogen (secondary N) is 1. The van der Waals surface area contributed by atoms with Gasteiger partial charge in [-0.25, -0.2) is 23.1 Å². The van der Waals surface area contributed by atoms with E-state index in [9.17, 15) is 37.6 Å². The summed E-state index contributed by atoms with van der Waals surface area (Å²) in [6.45, 7) is 0.101. The van der Waals surface area contributed by atoms with Crippen LogP contribution < -0.4 is 0 Å². The summed E-state index contributed by atoms with van der Waals surface area (Å²) >= 11 is 5.07. The number of hydrogen-bond donors (Lipinski definition) is 7. The number of halogens is 2. The maximum absolute atomic E-state index is 14.5. The Labute approximate surface area is 199 Å². The fourth-order valence-corrected chi connectivity index (χ4v) is 6.39. The zero-order valence-corrected chi connectivity index (χ0v) is 20.6. The van der Waals surface area contributed by atoms with Gasteiger partial charge in [0.05, 0.1) is 12.2 Å². The van der Waals surface area contributed by atoms with Crippen LogP contribution in [0.15, 0.2) is 6.07 Å². The highest BCUT2D eigenvalue weighted by molar-refractivity contribution is 7.71. The third-order valence-electron chi connectivity index (χ3n) is 4.63. The smallest absolute Gasteiger partial charge is 0.387 e. The van der Waals surface area contributed by atoms with Crippen LogP contribution in [0.3, 0.4) is 0 Å². The molecule has 0 aromatic heterocycles. The highest BCUT2D eigenvalue weighted by Crippen LogP contribution is 2.66. The van der Waals surface area contributed by atoms with Gasteiger partial charge in [0.1, 0.15) is 40.7 Å². The van der Waals surface area contributed by atoms with E-state index in [0.29, 0.717) is 0 Å². The lowest BCUT2D eigenvalue weighted by molar-refractivity contribution is -0.0224. The number of phosphoric ester groups is 1. The molecule has 0 saturated carbocycles. The molecule has 0 spiro atoms. The molecule has 3 heterocycles. The van der Waals surface area contributed by atoms with E-state index in [2.05, 4.69) is 23.1 Å². The van der Waals surface area contributed by atoms with Gasteiger partial charge in [-0.1, -0.05) is 12.2 Å². The average molecular weight is 584 g/mol. The Hall–Kier alpha value is -1.07. The number of aliphatic hydroxyl groups excluding tert-OH is 2. The van der Waals surface area contributed by atoms with Crippen LogP contribution in [-0.4, -0.2) is 64.7 Å².